The van der Waals surface area contributed by atoms with Gasteiger partial charge in [0.05, 0.1) is 24.1 Å². The first-order chi connectivity index (χ1) is 22.2. The molecule has 0 amide bonds. The largest absolute Gasteiger partial charge is 0.508 e. The van der Waals surface area contributed by atoms with Crippen molar-refractivity contribution in [3.8, 4) is 28.1 Å². The third-order valence-electron chi connectivity index (χ3n) is 9.16. The van der Waals surface area contributed by atoms with Gasteiger partial charge in [-0.15, -0.1) is 0 Å². The molecule has 6 rings (SSSR count). The van der Waals surface area contributed by atoms with Gasteiger partial charge in [0.2, 0.25) is 0 Å². The number of aryl methyl sites for hydroxylation is 1. The fourth-order valence-electron chi connectivity index (χ4n) is 6.84. The van der Waals surface area contributed by atoms with E-state index in [2.05, 4.69) is 66.1 Å². The molecular weight excluding hydrogens is 578 g/mol. The molecule has 2 aromatic heterocycles. The molecule has 2 aliphatic rings. The number of methoxy groups -OCH3 is 1. The maximum Gasteiger partial charge on any atom is 0.293 e. The molecule has 2 aromatic carbocycles. The highest BCUT2D eigenvalue weighted by Gasteiger charge is 2.34. The number of nitrogens with one attached hydrogen (secondary N) is 1. The molecule has 0 bridgehead atoms. The van der Waals surface area contributed by atoms with Crippen LogP contribution in [0.4, 0.5) is 0 Å². The van der Waals surface area contributed by atoms with Crippen LogP contribution in [0.3, 0.4) is 0 Å². The lowest BCUT2D eigenvalue weighted by atomic mass is 9.84. The summed E-state index contributed by atoms with van der Waals surface area (Å²) in [4.78, 5) is 20.6. The standard InChI is InChI=1S/C37H45N5O4/c1-6-41-33-12-11-26(27-16-25(17-28(44)19-27)18-32-36(40-32)42-15-8-7-14-39-42)20-30(33)31(21-37(3,4)22-46-23-43)35(41)29-10-9-13-38-34(29)24(2)45-5/h9-13,16-17,19-20,23-24,32,39,44H,6-8,14-15,18,21-22H2,1-5H3. The summed E-state index contributed by atoms with van der Waals surface area (Å²) >= 11 is 0. The van der Waals surface area contributed by atoms with Crippen molar-refractivity contribution in [2.24, 2.45) is 10.4 Å². The zero-order valence-electron chi connectivity index (χ0n) is 27.5. The minimum atomic E-state index is -0.322. The van der Waals surface area contributed by atoms with Gasteiger partial charge in [-0.1, -0.05) is 26.0 Å². The zero-order chi connectivity index (χ0) is 32.4. The Hall–Kier alpha value is -4.21. The molecule has 0 aliphatic carbocycles. The Balaban J connectivity index is 1.43. The summed E-state index contributed by atoms with van der Waals surface area (Å²) < 4.78 is 13.4. The second-order valence-electron chi connectivity index (χ2n) is 13.2. The predicted octanol–water partition coefficient (Wildman–Crippen LogP) is 6.47. The lowest BCUT2D eigenvalue weighted by Crippen LogP contribution is -2.45. The number of pyridine rings is 1. The van der Waals surface area contributed by atoms with Crippen LogP contribution < -0.4 is 5.43 Å². The Kier molecular flexibility index (Phi) is 9.15. The van der Waals surface area contributed by atoms with Crippen molar-refractivity contribution in [3.05, 3.63) is 71.5 Å². The molecule has 2 unspecified atom stereocenters. The fraction of sp³-hybridized carbons (Fsp3) is 0.432. The van der Waals surface area contributed by atoms with E-state index in [0.29, 0.717) is 19.5 Å². The van der Waals surface area contributed by atoms with E-state index in [1.807, 2.05) is 31.3 Å². The minimum absolute atomic E-state index is 0.148. The number of hydrazine groups is 1. The summed E-state index contributed by atoms with van der Waals surface area (Å²) in [7, 11) is 1.70. The number of hydrogen-bond donors (Lipinski definition) is 2. The molecule has 242 valence electrons. The SMILES string of the molecule is CCn1c(-c2cccnc2C(C)OC)c(CC(C)(C)COC=O)c2cc(-c3cc(O)cc(CC4N=C4N4CCCCN4)c3)ccc21. The Morgan fingerprint density at radius 2 is 2.00 bits per heavy atom. The number of aromatic nitrogens is 2. The van der Waals surface area contributed by atoms with Crippen molar-refractivity contribution in [2.75, 3.05) is 26.8 Å². The van der Waals surface area contributed by atoms with Crippen LogP contribution in [-0.2, 0) is 33.7 Å². The first-order valence-corrected chi connectivity index (χ1v) is 16.3. The second kappa shape index (κ2) is 13.3. The molecule has 9 heteroatoms. The predicted molar refractivity (Wildman–Crippen MR) is 182 cm³/mol. The third-order valence-corrected chi connectivity index (χ3v) is 9.16. The number of amidine groups is 1. The Morgan fingerprint density at radius 3 is 2.74 bits per heavy atom. The number of benzene rings is 2. The maximum absolute atomic E-state index is 11.2. The van der Waals surface area contributed by atoms with Crippen molar-refractivity contribution in [1.82, 2.24) is 20.0 Å². The van der Waals surface area contributed by atoms with Crippen LogP contribution in [0.2, 0.25) is 0 Å². The first kappa shape index (κ1) is 31.8. The molecule has 0 saturated carbocycles. The summed E-state index contributed by atoms with van der Waals surface area (Å²) in [5.74, 6) is 1.36. The van der Waals surface area contributed by atoms with E-state index in [-0.39, 0.29) is 23.3 Å². The monoisotopic (exact) mass is 623 g/mol. The summed E-state index contributed by atoms with van der Waals surface area (Å²) in [5.41, 5.74) is 11.5. The van der Waals surface area contributed by atoms with Crippen molar-refractivity contribution >= 4 is 23.2 Å². The third kappa shape index (κ3) is 6.52. The number of rotatable bonds is 12. The zero-order valence-corrected chi connectivity index (χ0v) is 27.5. The number of fused-ring (bicyclic) bond motifs is 1. The quantitative estimate of drug-likeness (QED) is 0.175. The number of phenolic OH excluding ortho intramolecular Hbond substituents is 1. The van der Waals surface area contributed by atoms with E-state index in [1.165, 1.54) is 18.4 Å². The van der Waals surface area contributed by atoms with Crippen LogP contribution in [0.15, 0.2) is 59.7 Å². The summed E-state index contributed by atoms with van der Waals surface area (Å²) in [6.07, 6.45) is 5.42. The topological polar surface area (TPSA) is 101 Å². The van der Waals surface area contributed by atoms with Crippen molar-refractivity contribution in [1.29, 1.82) is 0 Å². The molecule has 2 aliphatic heterocycles. The van der Waals surface area contributed by atoms with E-state index in [1.54, 1.807) is 7.11 Å². The highest BCUT2D eigenvalue weighted by Crippen LogP contribution is 2.42. The van der Waals surface area contributed by atoms with Crippen LogP contribution in [0.1, 0.15) is 63.5 Å². The number of phenols is 1. The van der Waals surface area contributed by atoms with Gasteiger partial charge in [-0.2, -0.15) is 0 Å². The van der Waals surface area contributed by atoms with Gasteiger partial charge in [0.1, 0.15) is 17.6 Å². The molecule has 1 saturated heterocycles. The summed E-state index contributed by atoms with van der Waals surface area (Å²) in [6.45, 7) is 12.0. The number of carbonyl (C=O) groups is 1. The van der Waals surface area contributed by atoms with Gasteiger partial charge < -0.3 is 19.1 Å². The molecule has 0 radical (unpaired) electrons. The van der Waals surface area contributed by atoms with Gasteiger partial charge in [-0.05, 0) is 91.8 Å². The number of ether oxygens (including phenoxy) is 2. The van der Waals surface area contributed by atoms with Crippen molar-refractivity contribution in [2.45, 2.75) is 72.1 Å². The average molecular weight is 624 g/mol. The Bertz CT molecular complexity index is 1750. The Morgan fingerprint density at radius 1 is 1.15 bits per heavy atom. The number of nitrogens with zero attached hydrogens (tertiary/aromatic N) is 4. The highest BCUT2D eigenvalue weighted by atomic mass is 16.5. The second-order valence-corrected chi connectivity index (χ2v) is 13.2. The van der Waals surface area contributed by atoms with Gasteiger partial charge in [-0.3, -0.25) is 19.8 Å². The molecule has 4 heterocycles. The number of carbonyl (C=O) groups excluding carboxylic acids is 1. The molecular formula is C37H45N5O4. The van der Waals surface area contributed by atoms with Crippen LogP contribution in [0, 0.1) is 5.41 Å². The number of aliphatic imine (C=N–C) groups is 1. The van der Waals surface area contributed by atoms with E-state index >= 15 is 0 Å². The van der Waals surface area contributed by atoms with Crippen LogP contribution in [-0.4, -0.2) is 64.8 Å². The average Bonchev–Trinajstić information content (AvgIpc) is 3.77. The summed E-state index contributed by atoms with van der Waals surface area (Å²) in [5, 5.41) is 14.1. The normalized spacial score (nSPS) is 17.2. The molecule has 1 fully saturated rings. The lowest BCUT2D eigenvalue weighted by Gasteiger charge is -2.26. The lowest BCUT2D eigenvalue weighted by molar-refractivity contribution is -0.131. The van der Waals surface area contributed by atoms with Gasteiger partial charge >= 0.3 is 0 Å². The smallest absolute Gasteiger partial charge is 0.293 e. The van der Waals surface area contributed by atoms with E-state index in [9.17, 15) is 9.90 Å². The van der Waals surface area contributed by atoms with Gasteiger partial charge in [0.15, 0.2) is 0 Å². The molecule has 2 atom stereocenters. The van der Waals surface area contributed by atoms with Gasteiger partial charge in [0.25, 0.3) is 6.47 Å². The first-order valence-electron chi connectivity index (χ1n) is 16.3. The van der Waals surface area contributed by atoms with Crippen LogP contribution in [0.25, 0.3) is 33.3 Å². The molecule has 46 heavy (non-hydrogen) atoms. The maximum atomic E-state index is 11.2. The van der Waals surface area contributed by atoms with Crippen LogP contribution >= 0.6 is 0 Å². The van der Waals surface area contributed by atoms with Gasteiger partial charge in [-0.25, -0.2) is 5.43 Å². The minimum Gasteiger partial charge on any atom is -0.508 e. The molecule has 2 N–H and O–H groups in total. The highest BCUT2D eigenvalue weighted by molar-refractivity contribution is 5.99. The van der Waals surface area contributed by atoms with Crippen LogP contribution in [0.5, 0.6) is 5.75 Å². The molecule has 0 spiro atoms. The van der Waals surface area contributed by atoms with E-state index < -0.39 is 0 Å². The van der Waals surface area contributed by atoms with Crippen molar-refractivity contribution < 1.29 is 19.4 Å². The molecule has 9 nitrogen and oxygen atoms in total. The van der Waals surface area contributed by atoms with E-state index in [4.69, 9.17) is 19.5 Å². The molecule has 4 aromatic rings. The number of hydrogen-bond acceptors (Lipinski definition) is 8. The fourth-order valence-corrected chi connectivity index (χ4v) is 6.84. The van der Waals surface area contributed by atoms with Gasteiger partial charge in [0, 0.05) is 61.2 Å². The number of aromatic hydroxyl groups is 1. The summed E-state index contributed by atoms with van der Waals surface area (Å²) in [6, 6.07) is 16.7. The van der Waals surface area contributed by atoms with E-state index in [0.717, 1.165) is 76.4 Å². The Labute approximate surface area is 271 Å². The van der Waals surface area contributed by atoms with Crippen molar-refractivity contribution in [3.63, 3.8) is 0 Å².